The van der Waals surface area contributed by atoms with Crippen molar-refractivity contribution >= 4 is 10.0 Å². The molecule has 1 aliphatic heterocycles. The third-order valence-electron chi connectivity index (χ3n) is 4.13. The van der Waals surface area contributed by atoms with E-state index in [1.807, 2.05) is 31.2 Å². The second-order valence-corrected chi connectivity index (χ2v) is 7.59. The molecule has 0 unspecified atom stereocenters. The second-order valence-electron chi connectivity index (χ2n) is 5.32. The van der Waals surface area contributed by atoms with Crippen LogP contribution in [0.4, 0.5) is 0 Å². The molecule has 0 aromatic heterocycles. The molecule has 6 heteroatoms. The summed E-state index contributed by atoms with van der Waals surface area (Å²) in [6.45, 7) is 2.95. The van der Waals surface area contributed by atoms with Crippen molar-refractivity contribution in [3.8, 4) is 5.75 Å². The minimum atomic E-state index is -3.30. The van der Waals surface area contributed by atoms with E-state index in [1.165, 1.54) is 4.31 Å². The Morgan fingerprint density at radius 1 is 1.24 bits per heavy atom. The van der Waals surface area contributed by atoms with Gasteiger partial charge in [-0.2, -0.15) is 4.31 Å². The van der Waals surface area contributed by atoms with E-state index in [0.717, 1.165) is 11.3 Å². The average molecular weight is 313 g/mol. The minimum absolute atomic E-state index is 0.205. The van der Waals surface area contributed by atoms with Crippen molar-refractivity contribution in [3.05, 3.63) is 29.8 Å². The summed E-state index contributed by atoms with van der Waals surface area (Å²) in [6, 6.07) is 7.30. The van der Waals surface area contributed by atoms with Gasteiger partial charge in [-0.3, -0.25) is 0 Å². The van der Waals surface area contributed by atoms with Gasteiger partial charge < -0.3 is 9.47 Å². The first-order chi connectivity index (χ1) is 9.96. The molecule has 0 saturated carbocycles. The SMILES string of the molecule is COc1ccc([C@@H](C)N(C)S(=O)(=O)C2CCOCC2)cc1. The molecule has 2 rings (SSSR count). The highest BCUT2D eigenvalue weighted by Gasteiger charge is 2.34. The molecule has 1 aromatic carbocycles. The maximum atomic E-state index is 12.7. The predicted molar refractivity (Wildman–Crippen MR) is 81.9 cm³/mol. The molecular weight excluding hydrogens is 290 g/mol. The molecule has 1 aromatic rings. The van der Waals surface area contributed by atoms with Gasteiger partial charge in [0.05, 0.1) is 12.4 Å². The fraction of sp³-hybridized carbons (Fsp3) is 0.600. The number of nitrogens with zero attached hydrogens (tertiary/aromatic N) is 1. The van der Waals surface area contributed by atoms with Crippen molar-refractivity contribution in [3.63, 3.8) is 0 Å². The number of benzene rings is 1. The molecule has 1 atom stereocenters. The van der Waals surface area contributed by atoms with E-state index in [0.29, 0.717) is 26.1 Å². The first-order valence-electron chi connectivity index (χ1n) is 7.15. The van der Waals surface area contributed by atoms with Crippen LogP contribution in [0.1, 0.15) is 31.4 Å². The average Bonchev–Trinajstić information content (AvgIpc) is 2.54. The van der Waals surface area contributed by atoms with Gasteiger partial charge in [0.2, 0.25) is 10.0 Å². The summed E-state index contributed by atoms with van der Waals surface area (Å²) in [5.41, 5.74) is 0.953. The highest BCUT2D eigenvalue weighted by atomic mass is 32.2. The molecule has 0 bridgehead atoms. The fourth-order valence-electron chi connectivity index (χ4n) is 2.52. The van der Waals surface area contributed by atoms with Crippen LogP contribution >= 0.6 is 0 Å². The summed E-state index contributed by atoms with van der Waals surface area (Å²) in [7, 11) is -0.0393. The van der Waals surface area contributed by atoms with Gasteiger partial charge in [-0.25, -0.2) is 8.42 Å². The molecule has 0 N–H and O–H groups in total. The largest absolute Gasteiger partial charge is 0.497 e. The quantitative estimate of drug-likeness (QED) is 0.836. The summed E-state index contributed by atoms with van der Waals surface area (Å²) in [4.78, 5) is 0. The van der Waals surface area contributed by atoms with Crippen LogP contribution in [0, 0.1) is 0 Å². The van der Waals surface area contributed by atoms with Gasteiger partial charge >= 0.3 is 0 Å². The summed E-state index contributed by atoms with van der Waals surface area (Å²) in [6.07, 6.45) is 1.14. The summed E-state index contributed by atoms with van der Waals surface area (Å²) in [5.74, 6) is 0.765. The number of sulfonamides is 1. The van der Waals surface area contributed by atoms with E-state index in [2.05, 4.69) is 0 Å². The van der Waals surface area contributed by atoms with Crippen LogP contribution in [0.15, 0.2) is 24.3 Å². The number of ether oxygens (including phenoxy) is 2. The Morgan fingerprint density at radius 3 is 2.33 bits per heavy atom. The van der Waals surface area contributed by atoms with E-state index in [4.69, 9.17) is 9.47 Å². The van der Waals surface area contributed by atoms with E-state index in [-0.39, 0.29) is 11.3 Å². The molecule has 1 aliphatic rings. The van der Waals surface area contributed by atoms with Gasteiger partial charge in [0.25, 0.3) is 0 Å². The van der Waals surface area contributed by atoms with Crippen LogP contribution in [0.5, 0.6) is 5.75 Å². The van der Waals surface area contributed by atoms with Crippen molar-refractivity contribution < 1.29 is 17.9 Å². The lowest BCUT2D eigenvalue weighted by atomic mass is 10.1. The molecule has 1 heterocycles. The molecule has 0 radical (unpaired) electrons. The van der Waals surface area contributed by atoms with Gasteiger partial charge in [-0.1, -0.05) is 12.1 Å². The molecular formula is C15H23NO4S. The second kappa shape index (κ2) is 6.77. The van der Waals surface area contributed by atoms with Crippen molar-refractivity contribution in [2.45, 2.75) is 31.1 Å². The van der Waals surface area contributed by atoms with Crippen molar-refractivity contribution in [1.29, 1.82) is 0 Å². The Hall–Kier alpha value is -1.11. The molecule has 0 amide bonds. The topological polar surface area (TPSA) is 55.8 Å². The maximum Gasteiger partial charge on any atom is 0.217 e. The lowest BCUT2D eigenvalue weighted by molar-refractivity contribution is 0.0971. The molecule has 118 valence electrons. The normalized spacial score (nSPS) is 18.7. The molecule has 5 nitrogen and oxygen atoms in total. The van der Waals surface area contributed by atoms with Gasteiger partial charge in [-0.05, 0) is 37.5 Å². The first kappa shape index (κ1) is 16.3. The lowest BCUT2D eigenvalue weighted by Crippen LogP contribution is -2.40. The van der Waals surface area contributed by atoms with Crippen molar-refractivity contribution in [2.24, 2.45) is 0 Å². The van der Waals surface area contributed by atoms with E-state index >= 15 is 0 Å². The standard InChI is InChI=1S/C15H23NO4S/c1-12(13-4-6-14(19-3)7-5-13)16(2)21(17,18)15-8-10-20-11-9-15/h4-7,12,15H,8-11H2,1-3H3/t12-/m1/s1. The first-order valence-corrected chi connectivity index (χ1v) is 8.65. The Morgan fingerprint density at radius 2 is 1.81 bits per heavy atom. The van der Waals surface area contributed by atoms with Crippen molar-refractivity contribution in [2.75, 3.05) is 27.4 Å². The van der Waals surface area contributed by atoms with Crippen LogP contribution in [0.3, 0.4) is 0 Å². The van der Waals surface area contributed by atoms with E-state index < -0.39 is 10.0 Å². The minimum Gasteiger partial charge on any atom is -0.497 e. The molecule has 0 aliphatic carbocycles. The molecule has 1 saturated heterocycles. The predicted octanol–water partition coefficient (Wildman–Crippen LogP) is 2.20. The van der Waals surface area contributed by atoms with Crippen molar-refractivity contribution in [1.82, 2.24) is 4.31 Å². The Labute approximate surface area is 126 Å². The Balaban J connectivity index is 2.14. The zero-order valence-electron chi connectivity index (χ0n) is 12.8. The van der Waals surface area contributed by atoms with Gasteiger partial charge in [0, 0.05) is 26.3 Å². The zero-order chi connectivity index (χ0) is 15.5. The monoisotopic (exact) mass is 313 g/mol. The Kier molecular flexibility index (Phi) is 5.24. The van der Waals surface area contributed by atoms with Gasteiger partial charge in [0.1, 0.15) is 5.75 Å². The molecule has 21 heavy (non-hydrogen) atoms. The summed E-state index contributed by atoms with van der Waals surface area (Å²) < 4.78 is 37.2. The number of hydrogen-bond donors (Lipinski definition) is 0. The maximum absolute atomic E-state index is 12.7. The fourth-order valence-corrected chi connectivity index (χ4v) is 4.34. The van der Waals surface area contributed by atoms with Crippen LogP contribution < -0.4 is 4.74 Å². The molecule has 1 fully saturated rings. The van der Waals surface area contributed by atoms with E-state index in [9.17, 15) is 8.42 Å². The lowest BCUT2D eigenvalue weighted by Gasteiger charge is -2.31. The summed E-state index contributed by atoms with van der Waals surface area (Å²) >= 11 is 0. The van der Waals surface area contributed by atoms with Gasteiger partial charge in [-0.15, -0.1) is 0 Å². The van der Waals surface area contributed by atoms with Crippen LogP contribution in [-0.2, 0) is 14.8 Å². The highest BCUT2D eigenvalue weighted by molar-refractivity contribution is 7.89. The molecule has 0 spiro atoms. The number of hydrogen-bond acceptors (Lipinski definition) is 4. The number of rotatable bonds is 5. The highest BCUT2D eigenvalue weighted by Crippen LogP contribution is 2.28. The summed E-state index contributed by atoms with van der Waals surface area (Å²) in [5, 5.41) is -0.336. The van der Waals surface area contributed by atoms with Gasteiger partial charge in [0.15, 0.2) is 0 Å². The third kappa shape index (κ3) is 3.56. The zero-order valence-corrected chi connectivity index (χ0v) is 13.6. The smallest absolute Gasteiger partial charge is 0.217 e. The van der Waals surface area contributed by atoms with E-state index in [1.54, 1.807) is 14.2 Å². The van der Waals surface area contributed by atoms with Crippen LogP contribution in [0.25, 0.3) is 0 Å². The number of methoxy groups -OCH3 is 1. The van der Waals surface area contributed by atoms with Crippen LogP contribution in [-0.4, -0.2) is 45.3 Å². The van der Waals surface area contributed by atoms with Crippen LogP contribution in [0.2, 0.25) is 0 Å². The Bertz CT molecular complexity index is 550. The third-order valence-corrected chi connectivity index (χ3v) is 6.57.